The number of benzene rings is 1. The molecule has 2 N–H and O–H groups in total. The number of carboxylic acid groups (broad SMARTS) is 1. The summed E-state index contributed by atoms with van der Waals surface area (Å²) in [6, 6.07) is 5.81. The molecule has 0 saturated carbocycles. The first-order valence-electron chi connectivity index (χ1n) is 4.66. The lowest BCUT2D eigenvalue weighted by atomic mass is 9.93. The second-order valence-electron chi connectivity index (χ2n) is 3.51. The van der Waals surface area contributed by atoms with Gasteiger partial charge in [-0.05, 0) is 17.7 Å². The lowest BCUT2D eigenvalue weighted by molar-refractivity contribution is -0.139. The molecule has 0 aliphatic heterocycles. The molecule has 15 heavy (non-hydrogen) atoms. The van der Waals surface area contributed by atoms with Gasteiger partial charge in [0.05, 0.1) is 12.5 Å². The summed E-state index contributed by atoms with van der Waals surface area (Å²) < 4.78 is 12.9. The fraction of sp³-hybridized carbons (Fsp3) is 0.364. The molecular formula is C11H13FO3. The van der Waals surface area contributed by atoms with Crippen LogP contribution < -0.4 is 0 Å². The normalized spacial score (nSPS) is 14.6. The maximum atomic E-state index is 12.9. The first kappa shape index (κ1) is 11.7. The Hall–Kier alpha value is -1.42. The summed E-state index contributed by atoms with van der Waals surface area (Å²) in [5, 5.41) is 18.0. The standard InChI is InChI=1S/C11H13FO3/c1-7(10(13)6-11(14)15)8-3-2-4-9(12)5-8/h2-5,7,10,13H,6H2,1H3,(H,14,15). The van der Waals surface area contributed by atoms with E-state index in [1.807, 2.05) is 0 Å². The summed E-state index contributed by atoms with van der Waals surface area (Å²) in [4.78, 5) is 10.4. The van der Waals surface area contributed by atoms with Crippen LogP contribution in [-0.4, -0.2) is 22.3 Å². The first-order chi connectivity index (χ1) is 7.00. The molecule has 0 aliphatic rings. The Labute approximate surface area is 87.2 Å². The summed E-state index contributed by atoms with van der Waals surface area (Å²) in [6.45, 7) is 1.67. The third-order valence-corrected chi connectivity index (χ3v) is 2.34. The van der Waals surface area contributed by atoms with E-state index < -0.39 is 18.0 Å². The third kappa shape index (κ3) is 3.32. The van der Waals surface area contributed by atoms with Crippen molar-refractivity contribution in [3.05, 3.63) is 35.6 Å². The molecule has 0 aliphatic carbocycles. The smallest absolute Gasteiger partial charge is 0.305 e. The largest absolute Gasteiger partial charge is 0.481 e. The lowest BCUT2D eigenvalue weighted by Gasteiger charge is -2.17. The fourth-order valence-corrected chi connectivity index (χ4v) is 1.37. The molecule has 4 heteroatoms. The van der Waals surface area contributed by atoms with Crippen LogP contribution in [0.15, 0.2) is 24.3 Å². The predicted octanol–water partition coefficient (Wildman–Crippen LogP) is 1.76. The van der Waals surface area contributed by atoms with E-state index in [2.05, 4.69) is 0 Å². The molecule has 1 aromatic carbocycles. The van der Waals surface area contributed by atoms with Gasteiger partial charge in [-0.25, -0.2) is 4.39 Å². The molecule has 0 spiro atoms. The Balaban J connectivity index is 2.75. The van der Waals surface area contributed by atoms with E-state index in [4.69, 9.17) is 5.11 Å². The van der Waals surface area contributed by atoms with Gasteiger partial charge in [0.15, 0.2) is 0 Å². The van der Waals surface area contributed by atoms with Gasteiger partial charge in [0.25, 0.3) is 0 Å². The molecule has 0 fully saturated rings. The van der Waals surface area contributed by atoms with Crippen molar-refractivity contribution in [1.82, 2.24) is 0 Å². The first-order valence-corrected chi connectivity index (χ1v) is 4.66. The van der Waals surface area contributed by atoms with Gasteiger partial charge in [0.1, 0.15) is 5.82 Å². The number of carbonyl (C=O) groups is 1. The minimum absolute atomic E-state index is 0.336. The van der Waals surface area contributed by atoms with Crippen LogP contribution >= 0.6 is 0 Å². The van der Waals surface area contributed by atoms with E-state index in [0.29, 0.717) is 5.56 Å². The third-order valence-electron chi connectivity index (χ3n) is 2.34. The molecule has 0 aromatic heterocycles. The van der Waals surface area contributed by atoms with Crippen molar-refractivity contribution < 1.29 is 19.4 Å². The highest BCUT2D eigenvalue weighted by molar-refractivity contribution is 5.67. The Kier molecular flexibility index (Phi) is 3.80. The SMILES string of the molecule is CC(c1cccc(F)c1)C(O)CC(=O)O. The van der Waals surface area contributed by atoms with Crippen LogP contribution in [0.1, 0.15) is 24.8 Å². The Morgan fingerprint density at radius 2 is 2.20 bits per heavy atom. The summed E-state index contributed by atoms with van der Waals surface area (Å²) in [7, 11) is 0. The molecule has 2 unspecified atom stereocenters. The molecule has 0 radical (unpaired) electrons. The van der Waals surface area contributed by atoms with Crippen LogP contribution in [0.4, 0.5) is 4.39 Å². The Morgan fingerprint density at radius 1 is 1.53 bits per heavy atom. The highest BCUT2D eigenvalue weighted by atomic mass is 19.1. The molecule has 0 heterocycles. The molecule has 3 nitrogen and oxygen atoms in total. The van der Waals surface area contributed by atoms with E-state index in [1.54, 1.807) is 13.0 Å². The second kappa shape index (κ2) is 4.89. The van der Waals surface area contributed by atoms with Gasteiger partial charge in [-0.3, -0.25) is 4.79 Å². The molecule has 0 bridgehead atoms. The van der Waals surface area contributed by atoms with Crippen LogP contribution in [0, 0.1) is 5.82 Å². The predicted molar refractivity (Wildman–Crippen MR) is 53.1 cm³/mol. The van der Waals surface area contributed by atoms with Crippen LogP contribution in [0.5, 0.6) is 0 Å². The topological polar surface area (TPSA) is 57.5 Å². The summed E-state index contributed by atoms with van der Waals surface area (Å²) in [5.41, 5.74) is 0.601. The van der Waals surface area contributed by atoms with Crippen molar-refractivity contribution in [3.63, 3.8) is 0 Å². The van der Waals surface area contributed by atoms with Crippen molar-refractivity contribution in [3.8, 4) is 0 Å². The Bertz CT molecular complexity index is 351. The number of carboxylic acids is 1. The van der Waals surface area contributed by atoms with E-state index >= 15 is 0 Å². The van der Waals surface area contributed by atoms with E-state index in [1.165, 1.54) is 18.2 Å². The maximum Gasteiger partial charge on any atom is 0.305 e. The second-order valence-corrected chi connectivity index (χ2v) is 3.51. The molecule has 0 saturated heterocycles. The number of aliphatic hydroxyl groups is 1. The zero-order chi connectivity index (χ0) is 11.4. The van der Waals surface area contributed by atoms with Gasteiger partial charge in [0.2, 0.25) is 0 Å². The van der Waals surface area contributed by atoms with Gasteiger partial charge < -0.3 is 10.2 Å². The van der Waals surface area contributed by atoms with Gasteiger partial charge in [-0.15, -0.1) is 0 Å². The van der Waals surface area contributed by atoms with Crippen LogP contribution in [0.2, 0.25) is 0 Å². The summed E-state index contributed by atoms with van der Waals surface area (Å²) >= 11 is 0. The summed E-state index contributed by atoms with van der Waals surface area (Å²) in [6.07, 6.45) is -1.33. The minimum atomic E-state index is -1.06. The van der Waals surface area contributed by atoms with Crippen molar-refractivity contribution >= 4 is 5.97 Å². The van der Waals surface area contributed by atoms with Crippen molar-refractivity contribution in [2.24, 2.45) is 0 Å². The highest BCUT2D eigenvalue weighted by Crippen LogP contribution is 2.21. The number of aliphatic carboxylic acids is 1. The quantitative estimate of drug-likeness (QED) is 0.799. The molecule has 82 valence electrons. The van der Waals surface area contributed by atoms with Gasteiger partial charge in [0, 0.05) is 5.92 Å². The van der Waals surface area contributed by atoms with Crippen LogP contribution in [-0.2, 0) is 4.79 Å². The van der Waals surface area contributed by atoms with E-state index in [9.17, 15) is 14.3 Å². The molecule has 0 amide bonds. The molecular weight excluding hydrogens is 199 g/mol. The number of rotatable bonds is 4. The maximum absolute atomic E-state index is 12.9. The summed E-state index contributed by atoms with van der Waals surface area (Å²) in [5.74, 6) is -1.84. The average Bonchev–Trinajstić information content (AvgIpc) is 2.15. The minimum Gasteiger partial charge on any atom is -0.481 e. The van der Waals surface area contributed by atoms with E-state index in [-0.39, 0.29) is 12.2 Å². The Morgan fingerprint density at radius 3 is 2.73 bits per heavy atom. The van der Waals surface area contributed by atoms with Crippen molar-refractivity contribution in [2.45, 2.75) is 25.4 Å². The number of halogens is 1. The van der Waals surface area contributed by atoms with Crippen molar-refractivity contribution in [1.29, 1.82) is 0 Å². The number of aliphatic hydroxyl groups excluding tert-OH is 1. The van der Waals surface area contributed by atoms with Gasteiger partial charge in [-0.1, -0.05) is 19.1 Å². The van der Waals surface area contributed by atoms with Gasteiger partial charge in [-0.2, -0.15) is 0 Å². The van der Waals surface area contributed by atoms with Crippen LogP contribution in [0.3, 0.4) is 0 Å². The molecule has 1 rings (SSSR count). The average molecular weight is 212 g/mol. The van der Waals surface area contributed by atoms with Crippen molar-refractivity contribution in [2.75, 3.05) is 0 Å². The van der Waals surface area contributed by atoms with Gasteiger partial charge >= 0.3 is 5.97 Å². The lowest BCUT2D eigenvalue weighted by Crippen LogP contribution is -2.19. The van der Waals surface area contributed by atoms with Crippen LogP contribution in [0.25, 0.3) is 0 Å². The zero-order valence-corrected chi connectivity index (χ0v) is 8.35. The van der Waals surface area contributed by atoms with E-state index in [0.717, 1.165) is 0 Å². The number of hydrogen-bond acceptors (Lipinski definition) is 2. The highest BCUT2D eigenvalue weighted by Gasteiger charge is 2.19. The monoisotopic (exact) mass is 212 g/mol. The fourth-order valence-electron chi connectivity index (χ4n) is 1.37. The number of hydrogen-bond donors (Lipinski definition) is 2. The zero-order valence-electron chi connectivity index (χ0n) is 8.35. The molecule has 2 atom stereocenters. The molecule has 1 aromatic rings.